The van der Waals surface area contributed by atoms with Crippen molar-refractivity contribution < 1.29 is 18.6 Å². The minimum absolute atomic E-state index is 0.0206. The van der Waals surface area contributed by atoms with Gasteiger partial charge in [0.25, 0.3) is 5.91 Å². The molecule has 1 aromatic heterocycles. The van der Waals surface area contributed by atoms with E-state index in [2.05, 4.69) is 10.6 Å². The van der Waals surface area contributed by atoms with Crippen molar-refractivity contribution in [2.45, 2.75) is 35.8 Å². The van der Waals surface area contributed by atoms with Crippen LogP contribution in [0, 0.1) is 0 Å². The molecule has 176 valence electrons. The maximum Gasteiger partial charge on any atom is 0.319 e. The predicted octanol–water partition coefficient (Wildman–Crippen LogP) is 4.41. The summed E-state index contributed by atoms with van der Waals surface area (Å²) in [5, 5.41) is 6.85. The number of carbonyl (C=O) groups excluding carboxylic acids is 3. The molecule has 0 saturated carbocycles. The number of fused-ring (bicyclic) bond motifs is 2. The van der Waals surface area contributed by atoms with Crippen molar-refractivity contribution in [1.29, 1.82) is 0 Å². The second-order valence-corrected chi connectivity index (χ2v) is 11.5. The highest BCUT2D eigenvalue weighted by atomic mass is 32.2. The molecule has 2 aliphatic rings. The Balaban J connectivity index is 1.40. The van der Waals surface area contributed by atoms with Crippen LogP contribution in [0.3, 0.4) is 0 Å². The van der Waals surface area contributed by atoms with E-state index in [-0.39, 0.29) is 24.1 Å². The van der Waals surface area contributed by atoms with Crippen LogP contribution in [-0.4, -0.2) is 51.2 Å². The summed E-state index contributed by atoms with van der Waals surface area (Å²) >= 11 is 1.37. The van der Waals surface area contributed by atoms with Gasteiger partial charge in [-0.05, 0) is 31.9 Å². The molecule has 1 fully saturated rings. The van der Waals surface area contributed by atoms with E-state index < -0.39 is 15.5 Å². The molecule has 3 heterocycles. The first-order valence-electron chi connectivity index (χ1n) is 11.3. The highest BCUT2D eigenvalue weighted by molar-refractivity contribution is 7.86. The first-order chi connectivity index (χ1) is 16.4. The molecular weight excluding hydrogens is 470 g/mol. The third-order valence-electron chi connectivity index (χ3n) is 6.60. The maximum absolute atomic E-state index is 13.7. The Morgan fingerprint density at radius 2 is 1.79 bits per heavy atom. The van der Waals surface area contributed by atoms with Gasteiger partial charge in [0, 0.05) is 41.7 Å². The Bertz CT molecular complexity index is 1320. The fourth-order valence-corrected chi connectivity index (χ4v) is 7.79. The summed E-state index contributed by atoms with van der Waals surface area (Å²) in [6.45, 7) is 3.13. The van der Waals surface area contributed by atoms with Crippen molar-refractivity contribution in [3.63, 3.8) is 0 Å². The number of nitrogens with zero attached hydrogens (tertiary/aromatic N) is 1. The van der Waals surface area contributed by atoms with Gasteiger partial charge in [-0.15, -0.1) is 11.3 Å². The number of hydrogen-bond acceptors (Lipinski definition) is 5. The number of Topliss-reactive ketones (excluding diaryl/α,β-unsaturated/α-hetero) is 1. The standard InChI is InChI=1S/C25H25N3O4S2/c1-2-26-24(31)27-22-21(17-8-3-5-9-19(17)33-22)23(30)28-13-11-25(12-14-28)15-18(29)16-7-4-6-10-20(16)34(25)32/h3-10H,2,11-15H2,1H3,(H2,26,27,31). The molecule has 2 aromatic carbocycles. The number of nitrogens with one attached hydrogen (secondary N) is 2. The first kappa shape index (κ1) is 22.7. The van der Waals surface area contributed by atoms with Gasteiger partial charge in [0.1, 0.15) is 5.00 Å². The second-order valence-electron chi connectivity index (χ2n) is 8.63. The van der Waals surface area contributed by atoms with E-state index in [4.69, 9.17) is 0 Å². The summed E-state index contributed by atoms with van der Waals surface area (Å²) in [5.41, 5.74) is 1.03. The normalized spacial score (nSPS) is 19.1. The molecule has 3 aromatic rings. The van der Waals surface area contributed by atoms with Gasteiger partial charge >= 0.3 is 6.03 Å². The van der Waals surface area contributed by atoms with Crippen LogP contribution in [0.15, 0.2) is 53.4 Å². The number of rotatable bonds is 3. The minimum Gasteiger partial charge on any atom is -0.338 e. The average molecular weight is 496 g/mol. The summed E-state index contributed by atoms with van der Waals surface area (Å²) in [6, 6.07) is 14.4. The minimum atomic E-state index is -1.30. The highest BCUT2D eigenvalue weighted by Gasteiger charge is 2.47. The van der Waals surface area contributed by atoms with Crippen LogP contribution < -0.4 is 10.6 Å². The number of anilines is 1. The van der Waals surface area contributed by atoms with Crippen LogP contribution in [0.4, 0.5) is 9.80 Å². The molecule has 1 unspecified atom stereocenters. The van der Waals surface area contributed by atoms with E-state index in [1.807, 2.05) is 37.3 Å². The SMILES string of the molecule is CCNC(=O)Nc1sc2ccccc2c1C(=O)N1CCC2(CC1)CC(=O)c1ccccc1S2=O. The van der Waals surface area contributed by atoms with Crippen molar-refractivity contribution in [3.8, 4) is 0 Å². The smallest absolute Gasteiger partial charge is 0.319 e. The van der Waals surface area contributed by atoms with Crippen LogP contribution in [0.25, 0.3) is 10.1 Å². The fourth-order valence-electron chi connectivity index (χ4n) is 4.84. The molecule has 0 bridgehead atoms. The predicted molar refractivity (Wildman–Crippen MR) is 134 cm³/mol. The number of ketones is 1. The van der Waals surface area contributed by atoms with Crippen LogP contribution in [0.2, 0.25) is 0 Å². The lowest BCUT2D eigenvalue weighted by Crippen LogP contribution is -2.51. The average Bonchev–Trinajstić information content (AvgIpc) is 3.20. The summed E-state index contributed by atoms with van der Waals surface area (Å²) < 4.78 is 13.7. The van der Waals surface area contributed by atoms with E-state index >= 15 is 0 Å². The number of urea groups is 1. The molecule has 0 aliphatic carbocycles. The van der Waals surface area contributed by atoms with E-state index in [0.29, 0.717) is 53.5 Å². The highest BCUT2D eigenvalue weighted by Crippen LogP contribution is 2.43. The summed E-state index contributed by atoms with van der Waals surface area (Å²) in [7, 11) is -1.30. The Hall–Kier alpha value is -3.04. The van der Waals surface area contributed by atoms with Crippen molar-refractivity contribution in [2.24, 2.45) is 0 Å². The summed E-state index contributed by atoms with van der Waals surface area (Å²) in [4.78, 5) is 41.0. The lowest BCUT2D eigenvalue weighted by Gasteiger charge is -2.43. The number of hydrogen-bond donors (Lipinski definition) is 2. The van der Waals surface area contributed by atoms with Gasteiger partial charge in [0.05, 0.1) is 26.0 Å². The van der Waals surface area contributed by atoms with Gasteiger partial charge in [-0.2, -0.15) is 0 Å². The Labute approximate surface area is 204 Å². The van der Waals surface area contributed by atoms with E-state index in [1.165, 1.54) is 11.3 Å². The topological polar surface area (TPSA) is 95.6 Å². The van der Waals surface area contributed by atoms with Crippen LogP contribution >= 0.6 is 11.3 Å². The van der Waals surface area contributed by atoms with E-state index in [0.717, 1.165) is 10.1 Å². The molecule has 2 aliphatic heterocycles. The molecule has 34 heavy (non-hydrogen) atoms. The van der Waals surface area contributed by atoms with Crippen molar-refractivity contribution in [2.75, 3.05) is 25.0 Å². The zero-order valence-electron chi connectivity index (χ0n) is 18.8. The number of amides is 3. The van der Waals surface area contributed by atoms with E-state index in [9.17, 15) is 18.6 Å². The first-order valence-corrected chi connectivity index (χ1v) is 13.3. The maximum atomic E-state index is 13.7. The molecule has 1 spiro atoms. The third-order valence-corrected chi connectivity index (χ3v) is 9.78. The van der Waals surface area contributed by atoms with Gasteiger partial charge in [-0.25, -0.2) is 4.79 Å². The van der Waals surface area contributed by atoms with Gasteiger partial charge in [-0.1, -0.05) is 36.4 Å². The monoisotopic (exact) mass is 495 g/mol. The van der Waals surface area contributed by atoms with Crippen molar-refractivity contribution in [1.82, 2.24) is 10.2 Å². The molecule has 5 rings (SSSR count). The third kappa shape index (κ3) is 3.82. The molecule has 7 nitrogen and oxygen atoms in total. The van der Waals surface area contributed by atoms with Gasteiger partial charge < -0.3 is 10.2 Å². The number of likely N-dealkylation sites (tertiary alicyclic amines) is 1. The molecular formula is C25H25N3O4S2. The van der Waals surface area contributed by atoms with Gasteiger partial charge in [0.2, 0.25) is 0 Å². The second kappa shape index (κ2) is 8.96. The Morgan fingerprint density at radius 3 is 2.56 bits per heavy atom. The fraction of sp³-hybridized carbons (Fsp3) is 0.320. The van der Waals surface area contributed by atoms with Crippen LogP contribution in [-0.2, 0) is 10.8 Å². The van der Waals surface area contributed by atoms with Gasteiger partial charge in [0.15, 0.2) is 5.78 Å². The van der Waals surface area contributed by atoms with Gasteiger partial charge in [-0.3, -0.25) is 19.1 Å². The lowest BCUT2D eigenvalue weighted by atomic mass is 9.87. The number of carbonyl (C=O) groups is 3. The molecule has 1 saturated heterocycles. The number of piperidine rings is 1. The Morgan fingerprint density at radius 1 is 1.09 bits per heavy atom. The molecule has 1 atom stereocenters. The largest absolute Gasteiger partial charge is 0.338 e. The number of thiophene rings is 1. The zero-order valence-corrected chi connectivity index (χ0v) is 20.4. The van der Waals surface area contributed by atoms with Crippen molar-refractivity contribution >= 4 is 54.9 Å². The van der Waals surface area contributed by atoms with E-state index in [1.54, 1.807) is 23.1 Å². The summed E-state index contributed by atoms with van der Waals surface area (Å²) in [6.07, 6.45) is 1.23. The Kier molecular flexibility index (Phi) is 5.99. The van der Waals surface area contributed by atoms with Crippen LogP contribution in [0.5, 0.6) is 0 Å². The lowest BCUT2D eigenvalue weighted by molar-refractivity contribution is 0.0697. The quantitative estimate of drug-likeness (QED) is 0.563. The molecule has 3 amide bonds. The zero-order chi connectivity index (χ0) is 23.9. The molecule has 0 radical (unpaired) electrons. The van der Waals surface area contributed by atoms with Crippen LogP contribution in [0.1, 0.15) is 46.9 Å². The summed E-state index contributed by atoms with van der Waals surface area (Å²) in [5.74, 6) is -0.139. The number of benzene rings is 2. The molecule has 9 heteroatoms. The van der Waals surface area contributed by atoms with Crippen molar-refractivity contribution in [3.05, 3.63) is 59.7 Å². The molecule has 2 N–H and O–H groups in total.